The summed E-state index contributed by atoms with van der Waals surface area (Å²) in [6, 6.07) is 7.53. The maximum Gasteiger partial charge on any atom is 0.246 e. The van der Waals surface area contributed by atoms with Gasteiger partial charge in [-0.25, -0.2) is 0 Å². The predicted molar refractivity (Wildman–Crippen MR) is 70.6 cm³/mol. The van der Waals surface area contributed by atoms with Gasteiger partial charge >= 0.3 is 0 Å². The zero-order chi connectivity index (χ0) is 13.5. The van der Waals surface area contributed by atoms with E-state index < -0.39 is 0 Å². The molecule has 1 rings (SSSR count). The maximum atomic E-state index is 11.7. The molecule has 1 aromatic carbocycles. The quantitative estimate of drug-likeness (QED) is 0.844. The number of nitrogens with one attached hydrogen (secondary N) is 1. The first-order valence-electron chi connectivity index (χ1n) is 6.08. The van der Waals surface area contributed by atoms with Gasteiger partial charge in [-0.2, -0.15) is 0 Å². The van der Waals surface area contributed by atoms with Gasteiger partial charge in [0.05, 0.1) is 19.3 Å². The van der Waals surface area contributed by atoms with E-state index in [-0.39, 0.29) is 24.7 Å². The molecule has 0 spiro atoms. The van der Waals surface area contributed by atoms with Crippen LogP contribution in [0.25, 0.3) is 0 Å². The smallest absolute Gasteiger partial charge is 0.246 e. The Balaban J connectivity index is 2.59. The molecule has 0 saturated carbocycles. The number of ether oxygens (including phenoxy) is 2. The Morgan fingerprint density at radius 2 is 1.94 bits per heavy atom. The van der Waals surface area contributed by atoms with Crippen LogP contribution in [0, 0.1) is 0 Å². The zero-order valence-corrected chi connectivity index (χ0v) is 11.4. The Labute approximate surface area is 108 Å². The van der Waals surface area contributed by atoms with E-state index in [1.54, 1.807) is 7.11 Å². The van der Waals surface area contributed by atoms with Gasteiger partial charge < -0.3 is 14.8 Å². The van der Waals surface area contributed by atoms with Crippen molar-refractivity contribution < 1.29 is 14.3 Å². The van der Waals surface area contributed by atoms with Crippen LogP contribution in [-0.4, -0.2) is 25.7 Å². The van der Waals surface area contributed by atoms with Crippen molar-refractivity contribution in [3.63, 3.8) is 0 Å². The fourth-order valence-electron chi connectivity index (χ4n) is 1.63. The van der Waals surface area contributed by atoms with E-state index in [9.17, 15) is 4.79 Å². The third-order valence-electron chi connectivity index (χ3n) is 2.53. The fraction of sp³-hybridized carbons (Fsp3) is 0.500. The van der Waals surface area contributed by atoms with Gasteiger partial charge in [0, 0.05) is 5.56 Å². The van der Waals surface area contributed by atoms with Crippen LogP contribution in [-0.2, 0) is 9.53 Å². The van der Waals surface area contributed by atoms with Crippen molar-refractivity contribution in [2.24, 2.45) is 0 Å². The van der Waals surface area contributed by atoms with Crippen LogP contribution in [0.4, 0.5) is 0 Å². The second-order valence-corrected chi connectivity index (χ2v) is 4.39. The minimum atomic E-state index is -0.123. The minimum Gasteiger partial charge on any atom is -0.496 e. The molecule has 0 aliphatic carbocycles. The van der Waals surface area contributed by atoms with Crippen molar-refractivity contribution in [1.82, 2.24) is 5.32 Å². The summed E-state index contributed by atoms with van der Waals surface area (Å²) in [4.78, 5) is 11.7. The van der Waals surface area contributed by atoms with E-state index in [2.05, 4.69) is 5.32 Å². The Bertz CT molecular complexity index is 390. The van der Waals surface area contributed by atoms with Gasteiger partial charge in [-0.05, 0) is 26.8 Å². The van der Waals surface area contributed by atoms with Crippen LogP contribution < -0.4 is 10.1 Å². The van der Waals surface area contributed by atoms with Crippen LogP contribution in [0.2, 0.25) is 0 Å². The van der Waals surface area contributed by atoms with Gasteiger partial charge in [0.1, 0.15) is 12.4 Å². The van der Waals surface area contributed by atoms with Crippen molar-refractivity contribution in [1.29, 1.82) is 0 Å². The van der Waals surface area contributed by atoms with Gasteiger partial charge in [-0.15, -0.1) is 0 Å². The van der Waals surface area contributed by atoms with E-state index in [4.69, 9.17) is 9.47 Å². The third-order valence-corrected chi connectivity index (χ3v) is 2.53. The molecule has 1 aromatic rings. The highest BCUT2D eigenvalue weighted by atomic mass is 16.5. The Hall–Kier alpha value is -1.55. The van der Waals surface area contributed by atoms with E-state index in [1.165, 1.54) is 0 Å². The molecule has 0 saturated heterocycles. The molecule has 1 N–H and O–H groups in total. The fourth-order valence-corrected chi connectivity index (χ4v) is 1.63. The van der Waals surface area contributed by atoms with Gasteiger partial charge in [-0.3, -0.25) is 4.79 Å². The number of hydrogen-bond acceptors (Lipinski definition) is 3. The van der Waals surface area contributed by atoms with E-state index >= 15 is 0 Å². The highest BCUT2D eigenvalue weighted by molar-refractivity contribution is 5.77. The SMILES string of the molecule is COc1ccccc1[C@H](C)NC(=O)COC(C)C. The summed E-state index contributed by atoms with van der Waals surface area (Å²) in [7, 11) is 1.62. The summed E-state index contributed by atoms with van der Waals surface area (Å²) in [5.41, 5.74) is 0.956. The minimum absolute atomic E-state index is 0.0531. The lowest BCUT2D eigenvalue weighted by molar-refractivity contribution is -0.127. The number of hydrogen-bond donors (Lipinski definition) is 1. The number of benzene rings is 1. The number of carbonyl (C=O) groups is 1. The maximum absolute atomic E-state index is 11.7. The molecule has 4 heteroatoms. The van der Waals surface area contributed by atoms with Gasteiger partial charge in [-0.1, -0.05) is 18.2 Å². The number of para-hydroxylation sites is 1. The van der Waals surface area contributed by atoms with Crippen LogP contribution >= 0.6 is 0 Å². The predicted octanol–water partition coefficient (Wildman–Crippen LogP) is 2.30. The molecule has 0 heterocycles. The summed E-state index contributed by atoms with van der Waals surface area (Å²) >= 11 is 0. The average molecular weight is 251 g/mol. The lowest BCUT2D eigenvalue weighted by Gasteiger charge is -2.17. The normalized spacial score (nSPS) is 12.3. The number of carbonyl (C=O) groups excluding carboxylic acids is 1. The number of amides is 1. The molecule has 4 nitrogen and oxygen atoms in total. The summed E-state index contributed by atoms with van der Waals surface area (Å²) in [6.45, 7) is 5.80. The van der Waals surface area contributed by atoms with Crippen molar-refractivity contribution in [3.05, 3.63) is 29.8 Å². The highest BCUT2D eigenvalue weighted by Gasteiger charge is 2.13. The van der Waals surface area contributed by atoms with Crippen molar-refractivity contribution in [2.75, 3.05) is 13.7 Å². The van der Waals surface area contributed by atoms with Crippen molar-refractivity contribution in [3.8, 4) is 5.75 Å². The monoisotopic (exact) mass is 251 g/mol. The summed E-state index contributed by atoms with van der Waals surface area (Å²) in [5, 5.41) is 2.88. The first-order chi connectivity index (χ1) is 8.54. The van der Waals surface area contributed by atoms with Crippen molar-refractivity contribution >= 4 is 5.91 Å². The van der Waals surface area contributed by atoms with E-state index in [1.807, 2.05) is 45.0 Å². The zero-order valence-electron chi connectivity index (χ0n) is 11.4. The van der Waals surface area contributed by atoms with Gasteiger partial charge in [0.2, 0.25) is 5.91 Å². The largest absolute Gasteiger partial charge is 0.496 e. The molecule has 0 unspecified atom stereocenters. The molecule has 0 bridgehead atoms. The molecule has 0 aromatic heterocycles. The van der Waals surface area contributed by atoms with Crippen molar-refractivity contribution in [2.45, 2.75) is 32.9 Å². The van der Waals surface area contributed by atoms with Gasteiger partial charge in [0.25, 0.3) is 0 Å². The van der Waals surface area contributed by atoms with Crippen LogP contribution in [0.1, 0.15) is 32.4 Å². The Morgan fingerprint density at radius 1 is 1.28 bits per heavy atom. The van der Waals surface area contributed by atoms with Crippen LogP contribution in [0.15, 0.2) is 24.3 Å². The lowest BCUT2D eigenvalue weighted by Crippen LogP contribution is -2.31. The molecule has 100 valence electrons. The topological polar surface area (TPSA) is 47.6 Å². The molecule has 0 fully saturated rings. The third kappa shape index (κ3) is 4.37. The van der Waals surface area contributed by atoms with Gasteiger partial charge in [0.15, 0.2) is 0 Å². The van der Waals surface area contributed by atoms with E-state index in [0.29, 0.717) is 0 Å². The van der Waals surface area contributed by atoms with Crippen LogP contribution in [0.5, 0.6) is 5.75 Å². The first-order valence-corrected chi connectivity index (χ1v) is 6.08. The summed E-state index contributed by atoms with van der Waals surface area (Å²) < 4.78 is 10.5. The first kappa shape index (κ1) is 14.5. The molecule has 1 amide bonds. The molecule has 1 atom stereocenters. The summed E-state index contributed by atoms with van der Waals surface area (Å²) in [6.07, 6.45) is 0.0531. The molecule has 0 aliphatic rings. The molecule has 0 aliphatic heterocycles. The van der Waals surface area contributed by atoms with E-state index in [0.717, 1.165) is 11.3 Å². The molecular formula is C14H21NO3. The lowest BCUT2D eigenvalue weighted by atomic mass is 10.1. The number of methoxy groups -OCH3 is 1. The van der Waals surface area contributed by atoms with Crippen LogP contribution in [0.3, 0.4) is 0 Å². The molecule has 0 radical (unpaired) electrons. The Morgan fingerprint density at radius 3 is 2.56 bits per heavy atom. The summed E-state index contributed by atoms with van der Waals surface area (Å²) in [5.74, 6) is 0.650. The molecular weight excluding hydrogens is 230 g/mol. The Kier molecular flexibility index (Phi) is 5.65. The second kappa shape index (κ2) is 7.01. The standard InChI is InChI=1S/C14H21NO3/c1-10(2)18-9-14(16)15-11(3)12-7-5-6-8-13(12)17-4/h5-8,10-11H,9H2,1-4H3,(H,15,16)/t11-/m0/s1. The molecule has 18 heavy (non-hydrogen) atoms. The highest BCUT2D eigenvalue weighted by Crippen LogP contribution is 2.24. The second-order valence-electron chi connectivity index (χ2n) is 4.39. The number of rotatable bonds is 6. The average Bonchev–Trinajstić information content (AvgIpc) is 2.36.